The molecule has 2 aliphatic rings. The lowest BCUT2D eigenvalue weighted by molar-refractivity contribution is -0.385. The Kier molecular flexibility index (Phi) is 3.67. The molecule has 0 spiro atoms. The molecule has 1 N–H and O–H groups in total. The highest BCUT2D eigenvalue weighted by atomic mass is 19.1. The van der Waals surface area contributed by atoms with Gasteiger partial charge in [-0.3, -0.25) is 10.1 Å². The average molecular weight is 340 g/mol. The van der Waals surface area contributed by atoms with E-state index in [4.69, 9.17) is 4.74 Å². The van der Waals surface area contributed by atoms with E-state index in [9.17, 15) is 14.5 Å². The minimum absolute atomic E-state index is 0.0800. The van der Waals surface area contributed by atoms with Gasteiger partial charge in [0.2, 0.25) is 0 Å². The summed E-state index contributed by atoms with van der Waals surface area (Å²) in [7, 11) is 1.41. The van der Waals surface area contributed by atoms with Crippen LogP contribution in [-0.2, 0) is 0 Å². The van der Waals surface area contributed by atoms with Gasteiger partial charge in [-0.2, -0.15) is 0 Å². The zero-order valence-corrected chi connectivity index (χ0v) is 13.6. The summed E-state index contributed by atoms with van der Waals surface area (Å²) in [6.07, 6.45) is 5.05. The second-order valence-corrected chi connectivity index (χ2v) is 6.37. The number of halogens is 1. The number of nitrogens with zero attached hydrogens (tertiary/aromatic N) is 1. The van der Waals surface area contributed by atoms with Crippen LogP contribution in [0.2, 0.25) is 0 Å². The Hall–Kier alpha value is -2.89. The molecule has 0 unspecified atom stereocenters. The summed E-state index contributed by atoms with van der Waals surface area (Å²) in [5.74, 6) is 0.224. The van der Waals surface area contributed by atoms with Crippen LogP contribution in [0.4, 0.5) is 15.8 Å². The van der Waals surface area contributed by atoms with Gasteiger partial charge < -0.3 is 10.1 Å². The van der Waals surface area contributed by atoms with Crippen molar-refractivity contribution in [1.82, 2.24) is 0 Å². The lowest BCUT2D eigenvalue weighted by Crippen LogP contribution is -2.29. The van der Waals surface area contributed by atoms with E-state index >= 15 is 0 Å². The molecular formula is C19H17FN2O3. The summed E-state index contributed by atoms with van der Waals surface area (Å²) in [6.45, 7) is 0. The van der Waals surface area contributed by atoms with Gasteiger partial charge in [0.05, 0.1) is 23.8 Å². The summed E-state index contributed by atoms with van der Waals surface area (Å²) < 4.78 is 19.4. The van der Waals surface area contributed by atoms with Crippen LogP contribution < -0.4 is 10.1 Å². The van der Waals surface area contributed by atoms with E-state index in [1.807, 2.05) is 12.1 Å². The summed E-state index contributed by atoms with van der Waals surface area (Å²) in [6, 6.07) is 9.82. The fourth-order valence-electron chi connectivity index (χ4n) is 3.96. The zero-order valence-electron chi connectivity index (χ0n) is 13.6. The van der Waals surface area contributed by atoms with Crippen molar-refractivity contribution in [1.29, 1.82) is 0 Å². The summed E-state index contributed by atoms with van der Waals surface area (Å²) >= 11 is 0. The number of fused-ring (bicyclic) bond motifs is 3. The molecule has 128 valence electrons. The van der Waals surface area contributed by atoms with E-state index in [0.29, 0.717) is 5.69 Å². The number of nitrogens with one attached hydrogen (secondary N) is 1. The van der Waals surface area contributed by atoms with Gasteiger partial charge in [0.25, 0.3) is 0 Å². The molecule has 4 rings (SSSR count). The molecule has 2 aromatic rings. The SMILES string of the molecule is COc1ccc([C@@H]2Nc3c(F)cccc3[C@@H]3C=CC[C@@H]32)cc1[N+](=O)[O-]. The molecule has 0 radical (unpaired) electrons. The molecule has 0 bridgehead atoms. The monoisotopic (exact) mass is 340 g/mol. The molecule has 3 atom stereocenters. The summed E-state index contributed by atoms with van der Waals surface area (Å²) in [5, 5.41) is 14.6. The fraction of sp³-hybridized carbons (Fsp3) is 0.263. The van der Waals surface area contributed by atoms with Gasteiger partial charge in [-0.25, -0.2) is 4.39 Å². The molecule has 1 aliphatic carbocycles. The van der Waals surface area contributed by atoms with Crippen LogP contribution in [-0.4, -0.2) is 12.0 Å². The third-order valence-corrected chi connectivity index (χ3v) is 5.10. The van der Waals surface area contributed by atoms with Crippen LogP contribution in [0, 0.1) is 21.8 Å². The fourth-order valence-corrected chi connectivity index (χ4v) is 3.96. The van der Waals surface area contributed by atoms with Crippen LogP contribution in [0.5, 0.6) is 5.75 Å². The number of nitro groups is 1. The number of anilines is 1. The van der Waals surface area contributed by atoms with Crippen LogP contribution in [0.1, 0.15) is 29.5 Å². The molecule has 0 amide bonds. The smallest absolute Gasteiger partial charge is 0.311 e. The number of benzene rings is 2. The van der Waals surface area contributed by atoms with Gasteiger partial charge in [-0.05, 0) is 35.6 Å². The zero-order chi connectivity index (χ0) is 17.6. The Balaban J connectivity index is 1.80. The lowest BCUT2D eigenvalue weighted by atomic mass is 9.77. The van der Waals surface area contributed by atoms with Crippen molar-refractivity contribution in [3.05, 3.63) is 75.6 Å². The van der Waals surface area contributed by atoms with Crippen molar-refractivity contribution < 1.29 is 14.1 Å². The highest BCUT2D eigenvalue weighted by molar-refractivity contribution is 5.61. The molecule has 0 saturated heterocycles. The van der Waals surface area contributed by atoms with Gasteiger partial charge in [-0.15, -0.1) is 0 Å². The predicted octanol–water partition coefficient (Wildman–Crippen LogP) is 4.57. The van der Waals surface area contributed by atoms with Crippen molar-refractivity contribution >= 4 is 11.4 Å². The number of nitro benzene ring substituents is 1. The number of ether oxygens (including phenoxy) is 1. The maximum atomic E-state index is 14.3. The van der Waals surface area contributed by atoms with E-state index in [-0.39, 0.29) is 35.1 Å². The van der Waals surface area contributed by atoms with E-state index < -0.39 is 4.92 Å². The third kappa shape index (κ3) is 2.45. The molecule has 0 fully saturated rings. The first-order chi connectivity index (χ1) is 12.1. The van der Waals surface area contributed by atoms with Crippen molar-refractivity contribution in [2.24, 2.45) is 5.92 Å². The number of hydrogen-bond donors (Lipinski definition) is 1. The Morgan fingerprint density at radius 3 is 2.92 bits per heavy atom. The largest absolute Gasteiger partial charge is 0.490 e. The van der Waals surface area contributed by atoms with Crippen molar-refractivity contribution in [3.63, 3.8) is 0 Å². The second-order valence-electron chi connectivity index (χ2n) is 6.37. The molecule has 0 saturated carbocycles. The highest BCUT2D eigenvalue weighted by Crippen LogP contribution is 2.50. The lowest BCUT2D eigenvalue weighted by Gasteiger charge is -2.37. The van der Waals surface area contributed by atoms with E-state index in [1.165, 1.54) is 19.2 Å². The van der Waals surface area contributed by atoms with Crippen LogP contribution >= 0.6 is 0 Å². The van der Waals surface area contributed by atoms with Crippen molar-refractivity contribution in [2.45, 2.75) is 18.4 Å². The molecule has 5 nitrogen and oxygen atoms in total. The van der Waals surface area contributed by atoms with E-state index in [1.54, 1.807) is 12.1 Å². The number of hydrogen-bond acceptors (Lipinski definition) is 4. The topological polar surface area (TPSA) is 64.4 Å². The summed E-state index contributed by atoms with van der Waals surface area (Å²) in [4.78, 5) is 10.9. The van der Waals surface area contributed by atoms with E-state index in [2.05, 4.69) is 17.5 Å². The number of para-hydroxylation sites is 1. The van der Waals surface area contributed by atoms with Crippen LogP contribution in [0.15, 0.2) is 48.6 Å². The van der Waals surface area contributed by atoms with Crippen molar-refractivity contribution in [2.75, 3.05) is 12.4 Å². The van der Waals surface area contributed by atoms with Crippen LogP contribution in [0.3, 0.4) is 0 Å². The van der Waals surface area contributed by atoms with Crippen molar-refractivity contribution in [3.8, 4) is 5.75 Å². The maximum absolute atomic E-state index is 14.3. The Bertz CT molecular complexity index is 881. The summed E-state index contributed by atoms with van der Waals surface area (Å²) in [5.41, 5.74) is 2.11. The van der Waals surface area contributed by atoms with E-state index in [0.717, 1.165) is 17.5 Å². The number of rotatable bonds is 3. The molecular weight excluding hydrogens is 323 g/mol. The Morgan fingerprint density at radius 2 is 2.16 bits per heavy atom. The van der Waals surface area contributed by atoms with Gasteiger partial charge in [0.15, 0.2) is 5.75 Å². The first-order valence-corrected chi connectivity index (χ1v) is 8.14. The Morgan fingerprint density at radius 1 is 1.32 bits per heavy atom. The minimum atomic E-state index is -0.454. The molecule has 2 aromatic carbocycles. The molecule has 6 heteroatoms. The predicted molar refractivity (Wildman–Crippen MR) is 92.4 cm³/mol. The van der Waals surface area contributed by atoms with Gasteiger partial charge in [0, 0.05) is 12.0 Å². The average Bonchev–Trinajstić information content (AvgIpc) is 3.11. The molecule has 0 aromatic heterocycles. The second kappa shape index (κ2) is 5.88. The molecule has 1 aliphatic heterocycles. The quantitative estimate of drug-likeness (QED) is 0.505. The van der Waals surface area contributed by atoms with Gasteiger partial charge in [0.1, 0.15) is 5.82 Å². The minimum Gasteiger partial charge on any atom is -0.490 e. The number of allylic oxidation sites excluding steroid dienone is 2. The highest BCUT2D eigenvalue weighted by Gasteiger charge is 2.39. The Labute approximate surface area is 144 Å². The molecule has 25 heavy (non-hydrogen) atoms. The van der Waals surface area contributed by atoms with Crippen LogP contribution in [0.25, 0.3) is 0 Å². The first kappa shape index (κ1) is 15.6. The van der Waals surface area contributed by atoms with Gasteiger partial charge in [-0.1, -0.05) is 30.4 Å². The standard InChI is InChI=1S/C19H17FN2O3/c1-25-17-9-8-11(10-16(17)22(23)24)18-13-5-2-4-12(13)14-6-3-7-15(20)19(14)21-18/h2-4,6-10,12-13,18,21H,5H2,1H3/t12-,13+,18+/m1/s1. The maximum Gasteiger partial charge on any atom is 0.311 e. The first-order valence-electron chi connectivity index (χ1n) is 8.14. The normalized spacial score (nSPS) is 23.5. The number of methoxy groups -OCH3 is 1. The molecule has 1 heterocycles. The third-order valence-electron chi connectivity index (χ3n) is 5.10. The van der Waals surface area contributed by atoms with Gasteiger partial charge >= 0.3 is 5.69 Å².